The first-order valence-electron chi connectivity index (χ1n) is 36.3. The molecule has 0 saturated carbocycles. The number of para-hydroxylation sites is 1. The molecule has 41 heteroatoms. The van der Waals surface area contributed by atoms with Crippen LogP contribution in [0.1, 0.15) is 161 Å². The number of nitrogens with zero attached hydrogens (tertiary/aromatic N) is 14. The van der Waals surface area contributed by atoms with Gasteiger partial charge in [0.15, 0.2) is 5.78 Å². The summed E-state index contributed by atoms with van der Waals surface area (Å²) in [4.78, 5) is 245. The Hall–Kier alpha value is -14.8. The summed E-state index contributed by atoms with van der Waals surface area (Å²) in [6, 6.07) is 54.5. The first-order valence-corrected chi connectivity index (χ1v) is 38.5. The topological polar surface area (TPSA) is 414 Å². The molecular formula is C83H61Cl6N15O20. The smallest absolute Gasteiger partial charge is 0.335 e. The van der Waals surface area contributed by atoms with Crippen LogP contribution in [-0.2, 0) is 36.3 Å². The number of amides is 18. The average Bonchev–Trinajstić information content (AvgIpc) is 1.65. The number of Topliss-reactive ketones (excluding diaryl/α,β-unsaturated/α-hetero) is 2. The number of imidazole rings is 1. The fourth-order valence-corrected chi connectivity index (χ4v) is 13.7. The maximum Gasteiger partial charge on any atom is 0.335 e. The van der Waals surface area contributed by atoms with Crippen molar-refractivity contribution in [3.8, 4) is 0 Å². The van der Waals surface area contributed by atoms with Gasteiger partial charge < -0.3 is 9.55 Å². The number of H-pyrrole nitrogens is 1. The minimum Gasteiger partial charge on any atom is -0.361 e. The van der Waals surface area contributed by atoms with Crippen LogP contribution in [0.5, 0.6) is 0 Å². The van der Waals surface area contributed by atoms with E-state index in [-0.39, 0.29) is 105 Å². The van der Waals surface area contributed by atoms with E-state index in [1.54, 1.807) is 145 Å². The Bertz CT molecular complexity index is 5950. The molecular weight excluding hydrogens is 1740 g/mol. The first kappa shape index (κ1) is 90.0. The largest absolute Gasteiger partial charge is 0.361 e. The first-order chi connectivity index (χ1) is 59.1. The number of hydrogen-bond donors (Lipinski definition) is 1. The normalized spacial score (nSPS) is 13.5. The molecule has 18 amide bonds. The maximum atomic E-state index is 12.6. The van der Waals surface area contributed by atoms with Crippen LogP contribution in [-0.4, -0.2) is 209 Å². The zero-order valence-electron chi connectivity index (χ0n) is 64.7. The summed E-state index contributed by atoms with van der Waals surface area (Å²) >= 11 is 32.8. The number of imide groups is 6. The number of carbonyl (C=O) groups is 20. The molecule has 0 radical (unpaired) electrons. The predicted molar refractivity (Wildman–Crippen MR) is 441 cm³/mol. The molecule has 1 N–H and O–H groups in total. The van der Waals surface area contributed by atoms with Crippen molar-refractivity contribution in [1.29, 1.82) is 0 Å². The number of halogens is 6. The van der Waals surface area contributed by atoms with Crippen LogP contribution < -0.4 is 0 Å². The number of ketones is 2. The molecule has 0 aliphatic carbocycles. The van der Waals surface area contributed by atoms with Gasteiger partial charge in [0.2, 0.25) is 0 Å². The van der Waals surface area contributed by atoms with E-state index in [0.29, 0.717) is 20.7 Å². The van der Waals surface area contributed by atoms with Crippen LogP contribution >= 0.6 is 69.6 Å². The number of benzene rings is 8. The highest BCUT2D eigenvalue weighted by Crippen LogP contribution is 2.33. The second kappa shape index (κ2) is 38.8. The molecule has 0 bridgehead atoms. The Morgan fingerprint density at radius 1 is 0.331 bits per heavy atom. The van der Waals surface area contributed by atoms with Gasteiger partial charge in [0.1, 0.15) is 12.3 Å². The molecule has 0 fully saturated rings. The van der Waals surface area contributed by atoms with Gasteiger partial charge in [-0.2, -0.15) is 30.1 Å². The fourth-order valence-electron chi connectivity index (χ4n) is 13.0. The quantitative estimate of drug-likeness (QED) is 0.0502. The summed E-state index contributed by atoms with van der Waals surface area (Å²) < 4.78 is 1.67. The van der Waals surface area contributed by atoms with Gasteiger partial charge in [-0.15, -0.1) is 0 Å². The molecule has 2 aromatic heterocycles. The van der Waals surface area contributed by atoms with Crippen LogP contribution in [0.25, 0.3) is 10.9 Å². The Morgan fingerprint density at radius 2 is 0.613 bits per heavy atom. The third-order valence-electron chi connectivity index (χ3n) is 18.9. The minimum atomic E-state index is -1.07. The SMILES string of the molecule is CC(=O)CCN(C(=O)Cl)N1C(=O)c2ccccc2C1=O.CC(=O)CN(C(=O)Cl)N1C(=O)c2ccccc2C1=O.CN(C(=O)Cl)N1C(=O)c2ccccc2C1=O.Cn1cncc1CN(C(=O)Cl)N1C(=O)c2ccccc2C1=O.O=C(Cl)N(Cc1c[nH]c2ccccc12)N1C(=O)c2ccccc2C1=O.O=C(Cl)N(Cc1ccccc1)N1C(=O)c2ccccc2C1=O. The number of hydrogen-bond acceptors (Lipinski definition) is 21. The second-order valence-electron chi connectivity index (χ2n) is 26.7. The van der Waals surface area contributed by atoms with Crippen molar-refractivity contribution in [1.82, 2.24) is 74.6 Å². The van der Waals surface area contributed by atoms with Crippen molar-refractivity contribution >= 4 is 195 Å². The number of aromatic amines is 1. The maximum absolute atomic E-state index is 12.6. The van der Waals surface area contributed by atoms with E-state index in [9.17, 15) is 95.9 Å². The van der Waals surface area contributed by atoms with Crippen molar-refractivity contribution in [3.05, 3.63) is 302 Å². The molecule has 6 aliphatic rings. The number of rotatable bonds is 17. The van der Waals surface area contributed by atoms with Crippen LogP contribution in [0.4, 0.5) is 28.8 Å². The highest BCUT2D eigenvalue weighted by atomic mass is 35.5. The Labute approximate surface area is 730 Å². The van der Waals surface area contributed by atoms with Gasteiger partial charge in [-0.3, -0.25) is 95.9 Å². The highest BCUT2D eigenvalue weighted by Gasteiger charge is 2.47. The molecule has 0 atom stereocenters. The molecule has 630 valence electrons. The van der Waals surface area contributed by atoms with Gasteiger partial charge in [-0.05, 0) is 173 Å². The Kier molecular flexibility index (Phi) is 28.1. The summed E-state index contributed by atoms with van der Waals surface area (Å²) in [6.07, 6.45) is 4.82. The summed E-state index contributed by atoms with van der Waals surface area (Å²) in [5, 5.41) is 4.63. The van der Waals surface area contributed by atoms with Gasteiger partial charge in [0, 0.05) is 37.6 Å². The van der Waals surface area contributed by atoms with Gasteiger partial charge >= 0.3 is 32.2 Å². The number of carbonyl (C=O) groups excluding carboxylic acids is 20. The van der Waals surface area contributed by atoms with Crippen molar-refractivity contribution < 1.29 is 95.9 Å². The van der Waals surface area contributed by atoms with Gasteiger partial charge in [-0.1, -0.05) is 121 Å². The van der Waals surface area contributed by atoms with Gasteiger partial charge in [0.25, 0.3) is 70.9 Å². The van der Waals surface area contributed by atoms with E-state index in [0.717, 1.165) is 67.1 Å². The summed E-state index contributed by atoms with van der Waals surface area (Å²) in [7, 11) is 3.00. The van der Waals surface area contributed by atoms with Crippen LogP contribution in [0.2, 0.25) is 0 Å². The molecule has 35 nitrogen and oxygen atoms in total. The lowest BCUT2D eigenvalue weighted by molar-refractivity contribution is -0.119. The highest BCUT2D eigenvalue weighted by molar-refractivity contribution is 6.65. The minimum absolute atomic E-state index is 0.00217. The zero-order chi connectivity index (χ0) is 90.0. The van der Waals surface area contributed by atoms with Crippen molar-refractivity contribution in [2.75, 3.05) is 20.1 Å². The summed E-state index contributed by atoms with van der Waals surface area (Å²) in [5.74, 6) is -7.62. The third kappa shape index (κ3) is 18.7. The lowest BCUT2D eigenvalue weighted by atomic mass is 10.1. The van der Waals surface area contributed by atoms with Crippen LogP contribution in [0.15, 0.2) is 219 Å². The number of aromatic nitrogens is 3. The molecule has 6 aliphatic heterocycles. The van der Waals surface area contributed by atoms with E-state index in [1.165, 1.54) is 75.6 Å². The summed E-state index contributed by atoms with van der Waals surface area (Å²) in [5.41, 5.74) is 5.91. The second-order valence-corrected chi connectivity index (χ2v) is 28.6. The average molecular weight is 1800 g/mol. The molecule has 124 heavy (non-hydrogen) atoms. The molecule has 16 rings (SSSR count). The zero-order valence-corrected chi connectivity index (χ0v) is 69.3. The van der Waals surface area contributed by atoms with Crippen molar-refractivity contribution in [2.45, 2.75) is 39.9 Å². The number of hydrazine groups is 6. The van der Waals surface area contributed by atoms with Crippen molar-refractivity contribution in [3.63, 3.8) is 0 Å². The van der Waals surface area contributed by atoms with E-state index >= 15 is 0 Å². The lowest BCUT2D eigenvalue weighted by Crippen LogP contribution is -2.49. The monoisotopic (exact) mass is 1800 g/mol. The number of aryl methyl sites for hydroxylation is 1. The van der Waals surface area contributed by atoms with E-state index < -0.39 is 115 Å². The van der Waals surface area contributed by atoms with E-state index in [4.69, 9.17) is 69.6 Å². The predicted octanol–water partition coefficient (Wildman–Crippen LogP) is 13.2. The third-order valence-corrected chi connectivity index (χ3v) is 20.1. The Morgan fingerprint density at radius 3 is 0.911 bits per heavy atom. The van der Waals surface area contributed by atoms with E-state index in [1.807, 2.05) is 30.3 Å². The molecule has 10 aromatic rings. The summed E-state index contributed by atoms with van der Waals surface area (Å²) in [6.45, 7) is 2.01. The van der Waals surface area contributed by atoms with E-state index in [2.05, 4.69) is 9.97 Å². The number of fused-ring (bicyclic) bond motifs is 7. The van der Waals surface area contributed by atoms with Crippen LogP contribution in [0, 0.1) is 0 Å². The fraction of sp³-hybridized carbons (Fsp3) is 0.120. The standard InChI is InChI=1S/C18H12ClN3O3.C16H11ClN2O3.C14H11ClN4O3.C13H11ClN2O4.C12H9ClN2O4.C10H7ClN2O3/c19-18(25)21(10-11-9-20-15-8-4-3-5-12(11)15)22-16(23)13-6-1-2-7-14(13)17(22)24;17-16(22)18(10-11-6-2-1-3-7-11)19-14(20)12-8-4-5-9-13(12)15(19)21;1-17-8-16-6-9(17)7-18(14(15)22)19-12(20)10-4-2-3-5-11(10)13(19)21;1-8(17)6-7-15(13(14)20)16-11(18)9-4-2-3-5-10(9)12(16)19;1-7(16)6-14(12(13)19)15-10(17)8-4-2-3-5-9(8)11(15)18;1-12(10(11)16)13-8(14)6-4-2-3-5-7(6)9(13)15/h1-9,20H,10H2;1-9H,10H2;2-6,8H,7H2,1H3;2-5H,6-7H2,1H3;2-5H,6H2,1H3;2-5H,1H3. The molecule has 0 spiro atoms. The number of nitrogens with one attached hydrogen (secondary N) is 1. The van der Waals surface area contributed by atoms with Crippen LogP contribution in [0.3, 0.4) is 0 Å². The van der Waals surface area contributed by atoms with Crippen molar-refractivity contribution in [2.24, 2.45) is 7.05 Å². The van der Waals surface area contributed by atoms with Gasteiger partial charge in [0.05, 0.1) is 111 Å². The van der Waals surface area contributed by atoms with Gasteiger partial charge in [-0.25, -0.2) is 35.0 Å². The Balaban J connectivity index is 0.000000146. The lowest BCUT2D eigenvalue weighted by Gasteiger charge is -2.27. The molecule has 0 unspecified atom stereocenters. The molecule has 8 aromatic carbocycles. The molecule has 0 saturated heterocycles. The molecule has 8 heterocycles.